The first-order chi connectivity index (χ1) is 8.20. The standard InChI is InChI=1S/C11H11F3N2O2/c1-6-3-4-8(5-9(6)15-7(2)17)16-10(18)11(12,13)14/h3-5H,1-2H3,(H,15,17)(H,16,18). The van der Waals surface area contributed by atoms with Crippen molar-refractivity contribution in [3.8, 4) is 0 Å². The van der Waals surface area contributed by atoms with E-state index in [4.69, 9.17) is 0 Å². The van der Waals surface area contributed by atoms with E-state index in [9.17, 15) is 22.8 Å². The highest BCUT2D eigenvalue weighted by Crippen LogP contribution is 2.23. The van der Waals surface area contributed by atoms with Gasteiger partial charge in [0.2, 0.25) is 5.91 Å². The van der Waals surface area contributed by atoms with E-state index in [-0.39, 0.29) is 11.6 Å². The summed E-state index contributed by atoms with van der Waals surface area (Å²) in [5.41, 5.74) is 0.990. The fraction of sp³-hybridized carbons (Fsp3) is 0.273. The number of alkyl halides is 3. The van der Waals surface area contributed by atoms with E-state index in [1.165, 1.54) is 25.1 Å². The minimum absolute atomic E-state index is 0.0355. The van der Waals surface area contributed by atoms with Crippen molar-refractivity contribution in [2.24, 2.45) is 0 Å². The van der Waals surface area contributed by atoms with Crippen molar-refractivity contribution >= 4 is 23.2 Å². The lowest BCUT2D eigenvalue weighted by molar-refractivity contribution is -0.167. The van der Waals surface area contributed by atoms with Crippen molar-refractivity contribution in [1.82, 2.24) is 0 Å². The van der Waals surface area contributed by atoms with Gasteiger partial charge in [-0.2, -0.15) is 13.2 Å². The fourth-order valence-electron chi connectivity index (χ4n) is 1.23. The van der Waals surface area contributed by atoms with Crippen LogP contribution < -0.4 is 10.6 Å². The molecule has 18 heavy (non-hydrogen) atoms. The summed E-state index contributed by atoms with van der Waals surface area (Å²) in [6, 6.07) is 4.09. The zero-order valence-electron chi connectivity index (χ0n) is 9.68. The highest BCUT2D eigenvalue weighted by Gasteiger charge is 2.38. The number of amides is 2. The minimum Gasteiger partial charge on any atom is -0.326 e. The summed E-state index contributed by atoms with van der Waals surface area (Å²) in [7, 11) is 0. The first-order valence-corrected chi connectivity index (χ1v) is 4.96. The van der Waals surface area contributed by atoms with Gasteiger partial charge in [0, 0.05) is 18.3 Å². The van der Waals surface area contributed by atoms with Gasteiger partial charge in [0.05, 0.1) is 0 Å². The lowest BCUT2D eigenvalue weighted by Gasteiger charge is -2.11. The number of hydrogen-bond donors (Lipinski definition) is 2. The second-order valence-corrected chi connectivity index (χ2v) is 3.66. The fourth-order valence-corrected chi connectivity index (χ4v) is 1.23. The molecule has 0 heterocycles. The quantitative estimate of drug-likeness (QED) is 0.858. The van der Waals surface area contributed by atoms with Gasteiger partial charge in [-0.3, -0.25) is 9.59 Å². The van der Waals surface area contributed by atoms with Gasteiger partial charge in [0.25, 0.3) is 0 Å². The van der Waals surface area contributed by atoms with Gasteiger partial charge in [-0.15, -0.1) is 0 Å². The lowest BCUT2D eigenvalue weighted by atomic mass is 10.1. The predicted octanol–water partition coefficient (Wildman–Crippen LogP) is 2.45. The van der Waals surface area contributed by atoms with Crippen LogP contribution in [-0.4, -0.2) is 18.0 Å². The van der Waals surface area contributed by atoms with Gasteiger partial charge >= 0.3 is 12.1 Å². The average Bonchev–Trinajstić information content (AvgIpc) is 2.20. The summed E-state index contributed by atoms with van der Waals surface area (Å²) in [6.07, 6.45) is -4.95. The largest absolute Gasteiger partial charge is 0.471 e. The zero-order valence-corrected chi connectivity index (χ0v) is 9.68. The van der Waals surface area contributed by atoms with Gasteiger partial charge in [-0.05, 0) is 24.6 Å². The maximum Gasteiger partial charge on any atom is 0.471 e. The number of rotatable bonds is 2. The second-order valence-electron chi connectivity index (χ2n) is 3.66. The van der Waals surface area contributed by atoms with E-state index in [0.29, 0.717) is 11.3 Å². The minimum atomic E-state index is -4.95. The molecule has 1 aromatic carbocycles. The molecule has 1 aromatic rings. The Morgan fingerprint density at radius 1 is 1.17 bits per heavy atom. The average molecular weight is 260 g/mol. The molecule has 0 atom stereocenters. The lowest BCUT2D eigenvalue weighted by Crippen LogP contribution is -2.29. The summed E-state index contributed by atoms with van der Waals surface area (Å²) in [6.45, 7) is 2.96. The molecule has 2 N–H and O–H groups in total. The zero-order chi connectivity index (χ0) is 13.9. The van der Waals surface area contributed by atoms with Crippen LogP contribution in [0.3, 0.4) is 0 Å². The monoisotopic (exact) mass is 260 g/mol. The number of anilines is 2. The molecule has 0 aliphatic heterocycles. The Kier molecular flexibility index (Phi) is 3.95. The number of benzene rings is 1. The molecule has 98 valence electrons. The maximum atomic E-state index is 12.0. The smallest absolute Gasteiger partial charge is 0.326 e. The maximum absolute atomic E-state index is 12.0. The Balaban J connectivity index is 2.92. The van der Waals surface area contributed by atoms with Crippen molar-refractivity contribution < 1.29 is 22.8 Å². The highest BCUT2D eigenvalue weighted by atomic mass is 19.4. The van der Waals surface area contributed by atoms with Crippen molar-refractivity contribution in [1.29, 1.82) is 0 Å². The SMILES string of the molecule is CC(=O)Nc1cc(NC(=O)C(F)(F)F)ccc1C. The Labute approximate surface area is 101 Å². The van der Waals surface area contributed by atoms with Gasteiger partial charge in [-0.25, -0.2) is 0 Å². The third-order valence-corrected chi connectivity index (χ3v) is 2.06. The predicted molar refractivity (Wildman–Crippen MR) is 60.2 cm³/mol. The summed E-state index contributed by atoms with van der Waals surface area (Å²) >= 11 is 0. The Morgan fingerprint density at radius 2 is 1.78 bits per heavy atom. The summed E-state index contributed by atoms with van der Waals surface area (Å²) < 4.78 is 36.1. The van der Waals surface area contributed by atoms with Crippen LogP contribution in [0.5, 0.6) is 0 Å². The van der Waals surface area contributed by atoms with Crippen LogP contribution >= 0.6 is 0 Å². The molecule has 0 radical (unpaired) electrons. The molecule has 1 rings (SSSR count). The second kappa shape index (κ2) is 5.07. The molecule has 0 spiro atoms. The molecule has 0 aromatic heterocycles. The van der Waals surface area contributed by atoms with Crippen LogP contribution in [0.4, 0.5) is 24.5 Å². The van der Waals surface area contributed by atoms with E-state index in [2.05, 4.69) is 5.32 Å². The Morgan fingerprint density at radius 3 is 2.28 bits per heavy atom. The molecule has 0 aliphatic rings. The van der Waals surface area contributed by atoms with Gasteiger partial charge in [0.15, 0.2) is 0 Å². The van der Waals surface area contributed by atoms with E-state index in [0.717, 1.165) is 0 Å². The number of nitrogens with one attached hydrogen (secondary N) is 2. The third-order valence-electron chi connectivity index (χ3n) is 2.06. The molecule has 0 bridgehead atoms. The van der Waals surface area contributed by atoms with E-state index in [1.54, 1.807) is 12.2 Å². The van der Waals surface area contributed by atoms with Crippen molar-refractivity contribution in [2.75, 3.05) is 10.6 Å². The van der Waals surface area contributed by atoms with E-state index in [1.807, 2.05) is 0 Å². The molecule has 0 saturated heterocycles. The molecular formula is C11H11F3N2O2. The van der Waals surface area contributed by atoms with E-state index < -0.39 is 12.1 Å². The van der Waals surface area contributed by atoms with Gasteiger partial charge < -0.3 is 10.6 Å². The van der Waals surface area contributed by atoms with Gasteiger partial charge in [-0.1, -0.05) is 6.07 Å². The van der Waals surface area contributed by atoms with Crippen molar-refractivity contribution in [3.63, 3.8) is 0 Å². The van der Waals surface area contributed by atoms with Crippen LogP contribution in [0.2, 0.25) is 0 Å². The molecule has 0 aliphatic carbocycles. The first kappa shape index (κ1) is 14.0. The number of hydrogen-bond acceptors (Lipinski definition) is 2. The number of halogens is 3. The van der Waals surface area contributed by atoms with E-state index >= 15 is 0 Å². The van der Waals surface area contributed by atoms with Gasteiger partial charge in [0.1, 0.15) is 0 Å². The third kappa shape index (κ3) is 3.76. The summed E-state index contributed by atoms with van der Waals surface area (Å²) in [4.78, 5) is 21.6. The highest BCUT2D eigenvalue weighted by molar-refractivity contribution is 5.96. The van der Waals surface area contributed by atoms with Crippen LogP contribution in [-0.2, 0) is 9.59 Å². The molecule has 2 amide bonds. The number of carbonyl (C=O) groups is 2. The normalized spacial score (nSPS) is 10.9. The molecule has 0 saturated carbocycles. The first-order valence-electron chi connectivity index (χ1n) is 4.96. The van der Waals surface area contributed by atoms with Crippen molar-refractivity contribution in [3.05, 3.63) is 23.8 Å². The number of aryl methyl sites for hydroxylation is 1. The van der Waals surface area contributed by atoms with Crippen LogP contribution in [0.1, 0.15) is 12.5 Å². The topological polar surface area (TPSA) is 58.2 Å². The Hall–Kier alpha value is -2.05. The van der Waals surface area contributed by atoms with Crippen molar-refractivity contribution in [2.45, 2.75) is 20.0 Å². The number of carbonyl (C=O) groups excluding carboxylic acids is 2. The molecule has 4 nitrogen and oxygen atoms in total. The Bertz CT molecular complexity index is 484. The van der Waals surface area contributed by atoms with Crippen LogP contribution in [0.15, 0.2) is 18.2 Å². The van der Waals surface area contributed by atoms with Crippen LogP contribution in [0, 0.1) is 6.92 Å². The molecular weight excluding hydrogens is 249 g/mol. The molecule has 0 unspecified atom stereocenters. The summed E-state index contributed by atoms with van der Waals surface area (Å²) in [5, 5.41) is 4.16. The molecule has 7 heteroatoms. The van der Waals surface area contributed by atoms with Crippen LogP contribution in [0.25, 0.3) is 0 Å². The molecule has 0 fully saturated rings. The summed E-state index contributed by atoms with van der Waals surface area (Å²) in [5.74, 6) is -2.41.